The summed E-state index contributed by atoms with van der Waals surface area (Å²) in [5.41, 5.74) is 2.46. The number of nitrogens with zero attached hydrogens (tertiary/aromatic N) is 3. The van der Waals surface area contributed by atoms with Crippen LogP contribution in [-0.4, -0.2) is 20.5 Å². The minimum atomic E-state index is 0.188. The number of aromatic nitrogens is 3. The lowest BCUT2D eigenvalue weighted by Crippen LogP contribution is -2.06. The lowest BCUT2D eigenvalue weighted by Gasteiger charge is -2.11. The van der Waals surface area contributed by atoms with Crippen molar-refractivity contribution in [1.29, 1.82) is 0 Å². The van der Waals surface area contributed by atoms with Crippen molar-refractivity contribution in [3.63, 3.8) is 0 Å². The molecule has 0 radical (unpaired) electrons. The number of rotatable bonds is 5. The Bertz CT molecular complexity index is 739. The van der Waals surface area contributed by atoms with Gasteiger partial charge in [0.1, 0.15) is 5.75 Å². The third kappa shape index (κ3) is 2.79. The van der Waals surface area contributed by atoms with Gasteiger partial charge in [-0.25, -0.2) is 0 Å². The van der Waals surface area contributed by atoms with E-state index >= 15 is 0 Å². The summed E-state index contributed by atoms with van der Waals surface area (Å²) in [7, 11) is 1.98. The molecule has 0 aliphatic rings. The second-order valence-electron chi connectivity index (χ2n) is 5.56. The van der Waals surface area contributed by atoms with E-state index in [1.165, 1.54) is 16.6 Å². The van der Waals surface area contributed by atoms with Crippen molar-refractivity contribution in [1.82, 2.24) is 14.3 Å². The van der Waals surface area contributed by atoms with E-state index in [-0.39, 0.29) is 6.10 Å². The summed E-state index contributed by atoms with van der Waals surface area (Å²) >= 11 is 0. The van der Waals surface area contributed by atoms with Crippen molar-refractivity contribution in [2.24, 2.45) is 7.05 Å². The monoisotopic (exact) mass is 283 g/mol. The van der Waals surface area contributed by atoms with Gasteiger partial charge in [0.15, 0.2) is 0 Å². The van der Waals surface area contributed by atoms with E-state index in [0.29, 0.717) is 0 Å². The molecular formula is C17H21N3O. The summed E-state index contributed by atoms with van der Waals surface area (Å²) in [5, 5.41) is 5.39. The third-order valence-corrected chi connectivity index (χ3v) is 3.67. The molecule has 0 aliphatic heterocycles. The molecule has 3 aromatic rings. The highest BCUT2D eigenvalue weighted by atomic mass is 16.5. The van der Waals surface area contributed by atoms with E-state index in [0.717, 1.165) is 18.7 Å². The van der Waals surface area contributed by atoms with Gasteiger partial charge in [-0.15, -0.1) is 0 Å². The Morgan fingerprint density at radius 3 is 2.76 bits per heavy atom. The SMILES string of the molecule is CC(C)Oc1cccc2c1ccn2CCc1ccnn1C. The van der Waals surface area contributed by atoms with E-state index in [9.17, 15) is 0 Å². The van der Waals surface area contributed by atoms with E-state index in [2.05, 4.69) is 54.0 Å². The average molecular weight is 283 g/mol. The molecule has 0 bridgehead atoms. The van der Waals surface area contributed by atoms with Crippen LogP contribution in [0, 0.1) is 0 Å². The topological polar surface area (TPSA) is 32.0 Å². The van der Waals surface area contributed by atoms with Gasteiger partial charge >= 0.3 is 0 Å². The number of hydrogen-bond donors (Lipinski definition) is 0. The van der Waals surface area contributed by atoms with Crippen LogP contribution in [-0.2, 0) is 20.0 Å². The zero-order valence-electron chi connectivity index (χ0n) is 12.8. The smallest absolute Gasteiger partial charge is 0.129 e. The minimum Gasteiger partial charge on any atom is -0.490 e. The molecule has 110 valence electrons. The van der Waals surface area contributed by atoms with Crippen molar-refractivity contribution in [2.75, 3.05) is 0 Å². The highest BCUT2D eigenvalue weighted by Gasteiger charge is 2.08. The molecule has 21 heavy (non-hydrogen) atoms. The first-order valence-corrected chi connectivity index (χ1v) is 7.36. The fourth-order valence-corrected chi connectivity index (χ4v) is 2.63. The highest BCUT2D eigenvalue weighted by molar-refractivity contribution is 5.86. The van der Waals surface area contributed by atoms with Gasteiger partial charge in [-0.1, -0.05) is 6.07 Å². The van der Waals surface area contributed by atoms with Gasteiger partial charge < -0.3 is 9.30 Å². The standard InChI is InChI=1S/C17H21N3O/c1-13(2)21-17-6-4-5-16-15(17)9-12-20(16)11-8-14-7-10-18-19(14)3/h4-7,9-10,12-13H,8,11H2,1-3H3. The van der Waals surface area contributed by atoms with Crippen LogP contribution in [0.4, 0.5) is 0 Å². The number of ether oxygens (including phenoxy) is 1. The van der Waals surface area contributed by atoms with Crippen molar-refractivity contribution in [3.05, 3.63) is 48.4 Å². The van der Waals surface area contributed by atoms with Crippen LogP contribution >= 0.6 is 0 Å². The second kappa shape index (κ2) is 5.64. The maximum atomic E-state index is 5.88. The Morgan fingerprint density at radius 2 is 2.05 bits per heavy atom. The number of benzene rings is 1. The fourth-order valence-electron chi connectivity index (χ4n) is 2.63. The maximum Gasteiger partial charge on any atom is 0.129 e. The molecule has 0 unspecified atom stereocenters. The number of aryl methyl sites for hydroxylation is 3. The van der Waals surface area contributed by atoms with E-state index in [1.54, 1.807) is 0 Å². The first kappa shape index (κ1) is 13.7. The van der Waals surface area contributed by atoms with Crippen LogP contribution in [0.25, 0.3) is 10.9 Å². The molecule has 0 saturated carbocycles. The maximum absolute atomic E-state index is 5.88. The molecule has 0 atom stereocenters. The van der Waals surface area contributed by atoms with E-state index < -0.39 is 0 Å². The van der Waals surface area contributed by atoms with Crippen LogP contribution < -0.4 is 4.74 Å². The Kier molecular flexibility index (Phi) is 3.69. The molecule has 4 nitrogen and oxygen atoms in total. The van der Waals surface area contributed by atoms with Crippen molar-refractivity contribution >= 4 is 10.9 Å². The second-order valence-corrected chi connectivity index (χ2v) is 5.56. The molecule has 0 spiro atoms. The zero-order valence-corrected chi connectivity index (χ0v) is 12.8. The van der Waals surface area contributed by atoms with Crippen LogP contribution in [0.5, 0.6) is 5.75 Å². The molecule has 0 fully saturated rings. The summed E-state index contributed by atoms with van der Waals surface area (Å²) in [4.78, 5) is 0. The van der Waals surface area contributed by atoms with Crippen molar-refractivity contribution in [2.45, 2.75) is 32.9 Å². The van der Waals surface area contributed by atoms with Crippen molar-refractivity contribution < 1.29 is 4.74 Å². The fraction of sp³-hybridized carbons (Fsp3) is 0.353. The average Bonchev–Trinajstić information content (AvgIpc) is 3.03. The first-order valence-electron chi connectivity index (χ1n) is 7.36. The molecular weight excluding hydrogens is 262 g/mol. The number of hydrogen-bond acceptors (Lipinski definition) is 2. The normalized spacial score (nSPS) is 11.4. The van der Waals surface area contributed by atoms with E-state index in [4.69, 9.17) is 4.74 Å². The summed E-state index contributed by atoms with van der Waals surface area (Å²) in [6.07, 6.45) is 5.13. The largest absolute Gasteiger partial charge is 0.490 e. The Labute approximate surface area is 124 Å². The minimum absolute atomic E-state index is 0.188. The summed E-state index contributed by atoms with van der Waals surface area (Å²) < 4.78 is 10.1. The number of fused-ring (bicyclic) bond motifs is 1. The molecule has 1 aromatic carbocycles. The van der Waals surface area contributed by atoms with E-state index in [1.807, 2.05) is 24.0 Å². The molecule has 0 saturated heterocycles. The van der Waals surface area contributed by atoms with Crippen LogP contribution in [0.1, 0.15) is 19.5 Å². The van der Waals surface area contributed by atoms with Gasteiger partial charge in [0.25, 0.3) is 0 Å². The Balaban J connectivity index is 1.85. The molecule has 2 aromatic heterocycles. The zero-order chi connectivity index (χ0) is 14.8. The van der Waals surface area contributed by atoms with Crippen LogP contribution in [0.2, 0.25) is 0 Å². The Hall–Kier alpha value is -2.23. The predicted molar refractivity (Wildman–Crippen MR) is 84.6 cm³/mol. The predicted octanol–water partition coefficient (Wildman–Crippen LogP) is 3.40. The van der Waals surface area contributed by atoms with Gasteiger partial charge in [0, 0.05) is 43.5 Å². The van der Waals surface area contributed by atoms with Crippen molar-refractivity contribution in [3.8, 4) is 5.75 Å². The lowest BCUT2D eigenvalue weighted by molar-refractivity contribution is 0.245. The molecule has 0 aliphatic carbocycles. The van der Waals surface area contributed by atoms with Gasteiger partial charge in [0.05, 0.1) is 11.6 Å². The summed E-state index contributed by atoms with van der Waals surface area (Å²) in [6, 6.07) is 10.4. The molecule has 0 amide bonds. The van der Waals surface area contributed by atoms with Gasteiger partial charge in [-0.05, 0) is 38.1 Å². The van der Waals surface area contributed by atoms with Gasteiger partial charge in [-0.2, -0.15) is 5.10 Å². The summed E-state index contributed by atoms with van der Waals surface area (Å²) in [6.45, 7) is 5.05. The molecule has 4 heteroatoms. The molecule has 2 heterocycles. The quantitative estimate of drug-likeness (QED) is 0.718. The first-order chi connectivity index (χ1) is 10.1. The molecule has 0 N–H and O–H groups in total. The van der Waals surface area contributed by atoms with Crippen LogP contribution in [0.3, 0.4) is 0 Å². The summed E-state index contributed by atoms with van der Waals surface area (Å²) in [5.74, 6) is 0.960. The highest BCUT2D eigenvalue weighted by Crippen LogP contribution is 2.27. The van der Waals surface area contributed by atoms with Gasteiger partial charge in [-0.3, -0.25) is 4.68 Å². The molecule has 3 rings (SSSR count). The third-order valence-electron chi connectivity index (χ3n) is 3.67. The Morgan fingerprint density at radius 1 is 1.19 bits per heavy atom. The lowest BCUT2D eigenvalue weighted by atomic mass is 10.2. The van der Waals surface area contributed by atoms with Gasteiger partial charge in [0.2, 0.25) is 0 Å². The van der Waals surface area contributed by atoms with Crippen LogP contribution in [0.15, 0.2) is 42.7 Å².